The van der Waals surface area contributed by atoms with E-state index in [4.69, 9.17) is 0 Å². The molecule has 7 heteroatoms. The van der Waals surface area contributed by atoms with Crippen LogP contribution in [0.4, 0.5) is 5.69 Å². The van der Waals surface area contributed by atoms with Crippen LogP contribution >= 0.6 is 11.3 Å². The van der Waals surface area contributed by atoms with Gasteiger partial charge in [-0.15, -0.1) is 10.2 Å². The van der Waals surface area contributed by atoms with Crippen molar-refractivity contribution >= 4 is 22.9 Å². The van der Waals surface area contributed by atoms with Gasteiger partial charge in [0.05, 0.1) is 6.54 Å². The van der Waals surface area contributed by atoms with Gasteiger partial charge in [0.25, 0.3) is 5.91 Å². The number of para-hydroxylation sites is 1. The van der Waals surface area contributed by atoms with Crippen molar-refractivity contribution in [2.75, 3.05) is 5.32 Å². The van der Waals surface area contributed by atoms with Crippen LogP contribution in [0.25, 0.3) is 0 Å². The third-order valence-corrected chi connectivity index (χ3v) is 4.38. The fourth-order valence-electron chi connectivity index (χ4n) is 2.13. The maximum Gasteiger partial charge on any atom is 0.286 e. The third kappa shape index (κ3) is 4.21. The first kappa shape index (κ1) is 16.2. The summed E-state index contributed by atoms with van der Waals surface area (Å²) in [6, 6.07) is 13.4. The van der Waals surface area contributed by atoms with Crippen molar-refractivity contribution in [2.24, 2.45) is 0 Å². The van der Waals surface area contributed by atoms with Crippen LogP contribution in [0.2, 0.25) is 0 Å². The van der Waals surface area contributed by atoms with E-state index >= 15 is 0 Å². The summed E-state index contributed by atoms with van der Waals surface area (Å²) in [6.07, 6.45) is 3.54. The maximum absolute atomic E-state index is 12.2. The van der Waals surface area contributed by atoms with E-state index in [1.807, 2.05) is 42.5 Å². The Bertz CT molecular complexity index is 791. The number of pyridine rings is 1. The van der Waals surface area contributed by atoms with E-state index in [2.05, 4.69) is 32.7 Å². The summed E-state index contributed by atoms with van der Waals surface area (Å²) in [4.78, 5) is 16.2. The summed E-state index contributed by atoms with van der Waals surface area (Å²) in [7, 11) is 0. The van der Waals surface area contributed by atoms with Gasteiger partial charge in [-0.1, -0.05) is 29.5 Å². The van der Waals surface area contributed by atoms with Gasteiger partial charge in [0, 0.05) is 24.1 Å². The van der Waals surface area contributed by atoms with Gasteiger partial charge in [-0.25, -0.2) is 0 Å². The average molecular weight is 339 g/mol. The molecule has 0 unspecified atom stereocenters. The first-order valence-electron chi connectivity index (χ1n) is 7.54. The van der Waals surface area contributed by atoms with Gasteiger partial charge >= 0.3 is 0 Å². The van der Waals surface area contributed by atoms with Crippen LogP contribution in [0.5, 0.6) is 0 Å². The highest BCUT2D eigenvalue weighted by atomic mass is 32.1. The first-order valence-corrected chi connectivity index (χ1v) is 8.36. The lowest BCUT2D eigenvalue weighted by Gasteiger charge is -2.12. The normalized spacial score (nSPS) is 11.9. The lowest BCUT2D eigenvalue weighted by molar-refractivity contribution is 0.102. The number of carbonyl (C=O) groups is 1. The van der Waals surface area contributed by atoms with E-state index in [0.29, 0.717) is 11.6 Å². The number of anilines is 1. The Balaban J connectivity index is 1.56. The van der Waals surface area contributed by atoms with Gasteiger partial charge in [-0.2, -0.15) is 0 Å². The van der Waals surface area contributed by atoms with E-state index in [9.17, 15) is 4.79 Å². The van der Waals surface area contributed by atoms with Crippen molar-refractivity contribution in [2.45, 2.75) is 19.5 Å². The number of nitrogens with zero attached hydrogens (tertiary/aromatic N) is 3. The SMILES string of the molecule is C[C@H](NCc1nnc(C(=O)Nc2ccccc2)s1)c1ccncc1. The van der Waals surface area contributed by atoms with E-state index in [0.717, 1.165) is 16.3 Å². The zero-order chi connectivity index (χ0) is 16.8. The van der Waals surface area contributed by atoms with Crippen molar-refractivity contribution in [3.63, 3.8) is 0 Å². The molecule has 3 aromatic rings. The first-order chi connectivity index (χ1) is 11.7. The van der Waals surface area contributed by atoms with Crippen molar-refractivity contribution in [3.8, 4) is 0 Å². The van der Waals surface area contributed by atoms with Crippen LogP contribution in [-0.4, -0.2) is 21.1 Å². The summed E-state index contributed by atoms with van der Waals surface area (Å²) in [6.45, 7) is 2.62. The van der Waals surface area contributed by atoms with E-state index in [1.165, 1.54) is 11.3 Å². The molecule has 0 spiro atoms. The monoisotopic (exact) mass is 339 g/mol. The van der Waals surface area contributed by atoms with Crippen LogP contribution in [0, 0.1) is 0 Å². The second-order valence-corrected chi connectivity index (χ2v) is 6.27. The third-order valence-electron chi connectivity index (χ3n) is 3.46. The Morgan fingerprint density at radius 3 is 2.62 bits per heavy atom. The minimum absolute atomic E-state index is 0.165. The zero-order valence-corrected chi connectivity index (χ0v) is 14.0. The number of hydrogen-bond donors (Lipinski definition) is 2. The molecule has 24 heavy (non-hydrogen) atoms. The Labute approximate surface area is 144 Å². The van der Waals surface area contributed by atoms with Gasteiger partial charge in [0.1, 0.15) is 5.01 Å². The lowest BCUT2D eigenvalue weighted by Crippen LogP contribution is -2.17. The number of carbonyl (C=O) groups excluding carboxylic acids is 1. The number of rotatable bonds is 6. The molecule has 6 nitrogen and oxygen atoms in total. The Morgan fingerprint density at radius 2 is 1.88 bits per heavy atom. The minimum Gasteiger partial charge on any atom is -0.320 e. The standard InChI is InChI=1S/C17H17N5OS/c1-12(13-7-9-18-10-8-13)19-11-15-21-22-17(24-15)16(23)20-14-5-3-2-4-6-14/h2-10,12,19H,11H2,1H3,(H,20,23)/t12-/m0/s1. The fourth-order valence-corrected chi connectivity index (χ4v) is 2.82. The summed E-state index contributed by atoms with van der Waals surface area (Å²) in [5.41, 5.74) is 1.89. The van der Waals surface area contributed by atoms with Crippen LogP contribution in [0.15, 0.2) is 54.9 Å². The molecule has 0 radical (unpaired) electrons. The van der Waals surface area contributed by atoms with Crippen LogP contribution in [0.1, 0.15) is 33.3 Å². The Kier molecular flexibility index (Phi) is 5.25. The van der Waals surface area contributed by atoms with Gasteiger partial charge in [-0.05, 0) is 36.8 Å². The highest BCUT2D eigenvalue weighted by molar-refractivity contribution is 7.13. The van der Waals surface area contributed by atoms with Crippen LogP contribution in [-0.2, 0) is 6.54 Å². The molecule has 0 bridgehead atoms. The number of hydrogen-bond acceptors (Lipinski definition) is 6. The number of aromatic nitrogens is 3. The quantitative estimate of drug-likeness (QED) is 0.721. The number of nitrogens with one attached hydrogen (secondary N) is 2. The summed E-state index contributed by atoms with van der Waals surface area (Å²) in [5, 5.41) is 15.3. The second kappa shape index (κ2) is 7.76. The fraction of sp³-hybridized carbons (Fsp3) is 0.176. The molecule has 2 heterocycles. The highest BCUT2D eigenvalue weighted by Gasteiger charge is 2.13. The minimum atomic E-state index is -0.243. The second-order valence-electron chi connectivity index (χ2n) is 5.20. The van der Waals surface area contributed by atoms with Gasteiger partial charge in [-0.3, -0.25) is 9.78 Å². The van der Waals surface area contributed by atoms with Gasteiger partial charge in [0.15, 0.2) is 0 Å². The molecule has 0 aliphatic carbocycles. The van der Waals surface area contributed by atoms with E-state index < -0.39 is 0 Å². The maximum atomic E-state index is 12.2. The average Bonchev–Trinajstić information content (AvgIpc) is 3.10. The molecular weight excluding hydrogens is 322 g/mol. The molecule has 2 N–H and O–H groups in total. The van der Waals surface area contributed by atoms with Crippen molar-refractivity contribution < 1.29 is 4.79 Å². The molecule has 122 valence electrons. The molecule has 3 rings (SSSR count). The summed E-state index contributed by atoms with van der Waals surface area (Å²) >= 11 is 1.29. The molecule has 0 aliphatic heterocycles. The molecule has 0 saturated heterocycles. The molecule has 1 atom stereocenters. The molecule has 0 saturated carbocycles. The smallest absolute Gasteiger partial charge is 0.286 e. The highest BCUT2D eigenvalue weighted by Crippen LogP contribution is 2.15. The van der Waals surface area contributed by atoms with Gasteiger partial charge in [0.2, 0.25) is 5.01 Å². The Morgan fingerprint density at radius 1 is 1.12 bits per heavy atom. The molecule has 1 aromatic carbocycles. The van der Waals surface area contributed by atoms with Crippen molar-refractivity contribution in [1.82, 2.24) is 20.5 Å². The molecule has 0 fully saturated rings. The predicted octanol–water partition coefficient (Wildman–Crippen LogP) is 3.04. The van der Waals surface area contributed by atoms with E-state index in [1.54, 1.807) is 12.4 Å². The molecular formula is C17H17N5OS. The molecule has 0 aliphatic rings. The largest absolute Gasteiger partial charge is 0.320 e. The Hall–Kier alpha value is -2.64. The van der Waals surface area contributed by atoms with E-state index in [-0.39, 0.29) is 11.9 Å². The van der Waals surface area contributed by atoms with Crippen LogP contribution < -0.4 is 10.6 Å². The number of benzene rings is 1. The van der Waals surface area contributed by atoms with Crippen molar-refractivity contribution in [1.29, 1.82) is 0 Å². The lowest BCUT2D eigenvalue weighted by atomic mass is 10.1. The molecule has 1 amide bonds. The predicted molar refractivity (Wildman–Crippen MR) is 93.8 cm³/mol. The summed E-state index contributed by atoms with van der Waals surface area (Å²) < 4.78 is 0. The van der Waals surface area contributed by atoms with Crippen LogP contribution in [0.3, 0.4) is 0 Å². The van der Waals surface area contributed by atoms with Gasteiger partial charge < -0.3 is 10.6 Å². The topological polar surface area (TPSA) is 79.8 Å². The van der Waals surface area contributed by atoms with Crippen molar-refractivity contribution in [3.05, 3.63) is 70.4 Å². The molecule has 2 aromatic heterocycles. The number of amides is 1. The zero-order valence-electron chi connectivity index (χ0n) is 13.1. The summed E-state index contributed by atoms with van der Waals surface area (Å²) in [5.74, 6) is -0.243.